The molecule has 33 heavy (non-hydrogen) atoms. The van der Waals surface area contributed by atoms with Crippen LogP contribution in [0.3, 0.4) is 0 Å². The van der Waals surface area contributed by atoms with Crippen LogP contribution in [0.15, 0.2) is 76.6 Å². The van der Waals surface area contributed by atoms with Crippen LogP contribution in [0.5, 0.6) is 5.75 Å². The number of hydrogen-bond donors (Lipinski definition) is 1. The Balaban J connectivity index is 0.00000126. The first-order valence-corrected chi connectivity index (χ1v) is 12.1. The summed E-state index contributed by atoms with van der Waals surface area (Å²) < 4.78 is 7.00. The maximum atomic E-state index is 13.8. The minimum absolute atomic E-state index is 0.102. The number of methoxy groups -OCH3 is 1. The van der Waals surface area contributed by atoms with Crippen LogP contribution in [-0.2, 0) is 0 Å². The lowest BCUT2D eigenvalue weighted by Crippen LogP contribution is -2.29. The fraction of sp³-hybridized carbons (Fsp3) is 0.192. The summed E-state index contributed by atoms with van der Waals surface area (Å²) in [6.07, 6.45) is 5.58. The molecule has 3 heterocycles. The number of ether oxygens (including phenoxy) is 1. The van der Waals surface area contributed by atoms with Gasteiger partial charge in [-0.1, -0.05) is 26.0 Å². The van der Waals surface area contributed by atoms with Crippen molar-refractivity contribution in [3.63, 3.8) is 0 Å². The lowest BCUT2D eigenvalue weighted by atomic mass is 10.0. The average molecular weight is 459 g/mol. The van der Waals surface area contributed by atoms with Crippen LogP contribution in [0.25, 0.3) is 27.7 Å². The van der Waals surface area contributed by atoms with Crippen molar-refractivity contribution in [1.82, 2.24) is 9.55 Å². The molecule has 0 fully saturated rings. The number of hydrogen-bond acceptors (Lipinski definition) is 6. The van der Waals surface area contributed by atoms with Gasteiger partial charge in [0.05, 0.1) is 18.3 Å². The van der Waals surface area contributed by atoms with Gasteiger partial charge in [-0.25, -0.2) is 0 Å². The summed E-state index contributed by atoms with van der Waals surface area (Å²) in [7, 11) is 1.62. The summed E-state index contributed by atoms with van der Waals surface area (Å²) in [5.41, 5.74) is 3.72. The number of aliphatic imine (C=N–C) groups is 1. The zero-order valence-corrected chi connectivity index (χ0v) is 19.9. The van der Waals surface area contributed by atoms with E-state index in [1.807, 2.05) is 87.0 Å². The van der Waals surface area contributed by atoms with Gasteiger partial charge in [0.25, 0.3) is 5.56 Å². The molecule has 4 aromatic rings. The minimum atomic E-state index is -0.144. The minimum Gasteiger partial charge on any atom is -0.497 e. The third-order valence-electron chi connectivity index (χ3n) is 5.31. The molecule has 0 spiro atoms. The summed E-state index contributed by atoms with van der Waals surface area (Å²) >= 11 is 1.58. The topological polar surface area (TPSA) is 68.5 Å². The Hall–Kier alpha value is -3.58. The predicted molar refractivity (Wildman–Crippen MR) is 139 cm³/mol. The first kappa shape index (κ1) is 22.6. The Morgan fingerprint density at radius 1 is 1.06 bits per heavy atom. The number of aromatic nitrogens is 2. The Kier molecular flexibility index (Phi) is 6.79. The molecule has 6 nitrogen and oxygen atoms in total. The molecule has 2 aromatic heterocycles. The Labute approximate surface area is 197 Å². The smallest absolute Gasteiger partial charge is 0.264 e. The molecule has 2 aromatic carbocycles. The van der Waals surface area contributed by atoms with Crippen LogP contribution in [0.4, 0.5) is 5.82 Å². The third kappa shape index (κ3) is 4.36. The number of anilines is 1. The normalized spacial score (nSPS) is 14.1. The van der Waals surface area contributed by atoms with Gasteiger partial charge >= 0.3 is 0 Å². The van der Waals surface area contributed by atoms with E-state index >= 15 is 0 Å². The van der Waals surface area contributed by atoms with E-state index in [-0.39, 0.29) is 11.1 Å². The third-order valence-corrected chi connectivity index (χ3v) is 5.99. The molecular weight excluding hydrogens is 432 g/mol. The van der Waals surface area contributed by atoms with E-state index in [2.05, 4.69) is 15.3 Å². The lowest BCUT2D eigenvalue weighted by Gasteiger charge is -2.25. The molecular formula is C26H26N4O2S. The molecule has 5 rings (SSSR count). The highest BCUT2D eigenvalue weighted by Crippen LogP contribution is 2.30. The van der Waals surface area contributed by atoms with Gasteiger partial charge in [-0.05, 0) is 60.4 Å². The lowest BCUT2D eigenvalue weighted by molar-refractivity contribution is 0.414. The SMILES string of the molecule is CC.COc1ccc(-n2c3c(cc(-c4ccc5ncccc5c4)c2=O)C=NC(SC)N3)cc1. The first-order valence-electron chi connectivity index (χ1n) is 10.8. The van der Waals surface area contributed by atoms with Crippen LogP contribution in [-0.4, -0.2) is 34.6 Å². The molecule has 0 bridgehead atoms. The number of rotatable bonds is 4. The average Bonchev–Trinajstić information content (AvgIpc) is 2.89. The van der Waals surface area contributed by atoms with Gasteiger partial charge in [-0.3, -0.25) is 19.3 Å². The van der Waals surface area contributed by atoms with Crippen molar-refractivity contribution in [2.24, 2.45) is 4.99 Å². The molecule has 1 N–H and O–H groups in total. The van der Waals surface area contributed by atoms with Gasteiger partial charge < -0.3 is 10.1 Å². The number of benzene rings is 2. The number of nitrogens with one attached hydrogen (secondary N) is 1. The molecule has 1 unspecified atom stereocenters. The number of nitrogens with zero attached hydrogens (tertiary/aromatic N) is 3. The quantitative estimate of drug-likeness (QED) is 0.432. The molecule has 0 radical (unpaired) electrons. The first-order chi connectivity index (χ1) is 16.2. The van der Waals surface area contributed by atoms with Gasteiger partial charge in [-0.15, -0.1) is 11.8 Å². The molecule has 0 saturated carbocycles. The summed E-state index contributed by atoms with van der Waals surface area (Å²) in [6.45, 7) is 4.00. The van der Waals surface area contributed by atoms with Gasteiger partial charge in [0, 0.05) is 28.9 Å². The summed E-state index contributed by atoms with van der Waals surface area (Å²) in [6, 6.07) is 19.2. The van der Waals surface area contributed by atoms with Crippen LogP contribution in [0.2, 0.25) is 0 Å². The number of fused-ring (bicyclic) bond motifs is 2. The van der Waals surface area contributed by atoms with E-state index in [1.165, 1.54) is 0 Å². The zero-order chi connectivity index (χ0) is 23.4. The summed E-state index contributed by atoms with van der Waals surface area (Å²) in [5.74, 6) is 1.47. The second kappa shape index (κ2) is 9.92. The van der Waals surface area contributed by atoms with Crippen LogP contribution in [0.1, 0.15) is 19.4 Å². The van der Waals surface area contributed by atoms with Crippen LogP contribution in [0, 0.1) is 0 Å². The van der Waals surface area contributed by atoms with Gasteiger partial charge in [0.2, 0.25) is 0 Å². The van der Waals surface area contributed by atoms with E-state index in [0.29, 0.717) is 5.56 Å². The van der Waals surface area contributed by atoms with Crippen molar-refractivity contribution in [1.29, 1.82) is 0 Å². The van der Waals surface area contributed by atoms with Crippen molar-refractivity contribution in [2.45, 2.75) is 19.3 Å². The van der Waals surface area contributed by atoms with Gasteiger partial charge in [0.1, 0.15) is 11.6 Å². The summed E-state index contributed by atoms with van der Waals surface area (Å²) in [5, 5.41) is 4.37. The second-order valence-corrected chi connectivity index (χ2v) is 8.04. The molecule has 7 heteroatoms. The Morgan fingerprint density at radius 3 is 2.58 bits per heavy atom. The molecule has 0 aliphatic carbocycles. The largest absolute Gasteiger partial charge is 0.497 e. The van der Waals surface area contributed by atoms with Gasteiger partial charge in [-0.2, -0.15) is 0 Å². The number of pyridine rings is 2. The Bertz CT molecular complexity index is 1360. The molecule has 1 aliphatic heterocycles. The highest BCUT2D eigenvalue weighted by atomic mass is 32.2. The second-order valence-electron chi connectivity index (χ2n) is 7.12. The van der Waals surface area contributed by atoms with Crippen molar-refractivity contribution >= 4 is 34.7 Å². The van der Waals surface area contributed by atoms with Crippen LogP contribution >= 0.6 is 11.8 Å². The monoisotopic (exact) mass is 458 g/mol. The molecule has 1 aliphatic rings. The molecule has 1 atom stereocenters. The maximum absolute atomic E-state index is 13.8. The standard InChI is InChI=1S/C24H20N4O2S.C2H6/c1-30-19-8-6-18(7-9-19)28-22-17(14-26-24(27-22)31-2)13-20(23(28)29)15-5-10-21-16(12-15)4-3-11-25-21;1-2/h3-14,24,27H,1-2H3;1-2H3. The van der Waals surface area contributed by atoms with Crippen molar-refractivity contribution in [3.8, 4) is 22.6 Å². The Morgan fingerprint density at radius 2 is 1.85 bits per heavy atom. The van der Waals surface area contributed by atoms with E-state index in [0.717, 1.165) is 39.3 Å². The number of thioether (sulfide) groups is 1. The maximum Gasteiger partial charge on any atom is 0.264 e. The molecule has 0 amide bonds. The highest BCUT2D eigenvalue weighted by Gasteiger charge is 2.21. The van der Waals surface area contributed by atoms with Crippen molar-refractivity contribution in [3.05, 3.63) is 82.8 Å². The van der Waals surface area contributed by atoms with Crippen LogP contribution < -0.4 is 15.6 Å². The van der Waals surface area contributed by atoms with Gasteiger partial charge in [0.15, 0.2) is 5.50 Å². The van der Waals surface area contributed by atoms with E-state index in [4.69, 9.17) is 4.74 Å². The van der Waals surface area contributed by atoms with E-state index in [1.54, 1.807) is 29.6 Å². The fourth-order valence-corrected chi connectivity index (χ4v) is 4.14. The van der Waals surface area contributed by atoms with E-state index < -0.39 is 0 Å². The van der Waals surface area contributed by atoms with E-state index in [9.17, 15) is 4.79 Å². The fourth-order valence-electron chi connectivity index (χ4n) is 3.73. The van der Waals surface area contributed by atoms with Crippen molar-refractivity contribution < 1.29 is 4.74 Å². The highest BCUT2D eigenvalue weighted by molar-refractivity contribution is 7.99. The summed E-state index contributed by atoms with van der Waals surface area (Å²) in [4.78, 5) is 22.7. The predicted octanol–water partition coefficient (Wildman–Crippen LogP) is 5.58. The molecule has 168 valence electrons. The van der Waals surface area contributed by atoms with Crippen molar-refractivity contribution in [2.75, 3.05) is 18.7 Å². The zero-order valence-electron chi connectivity index (χ0n) is 19.1. The molecule has 0 saturated heterocycles.